The number of carbonyl (C=O) groups is 2. The number of aliphatic carboxylic acids is 1. The minimum absolute atomic E-state index is 0.0291. The molecular weight excluding hydrogens is 358 g/mol. The molecule has 1 unspecified atom stereocenters. The highest BCUT2D eigenvalue weighted by atomic mass is 16.5. The van der Waals surface area contributed by atoms with Crippen LogP contribution in [0, 0.1) is 0 Å². The predicted octanol–water partition coefficient (Wildman–Crippen LogP) is 3.42. The van der Waals surface area contributed by atoms with Crippen molar-refractivity contribution in [2.24, 2.45) is 0 Å². The maximum absolute atomic E-state index is 12.6. The standard InChI is InChI=1S/C22H25NO5/c1-4-13-28-18-12-11-16(14-19(18)27-3)20(24)23-15-22(5-2,21(25)26)17-9-7-6-8-10-17/h4,6-12,14H,1,5,13,15H2,2-3H3,(H,23,24)(H,25,26). The molecule has 2 rings (SSSR count). The quantitative estimate of drug-likeness (QED) is 0.614. The topological polar surface area (TPSA) is 84.9 Å². The van der Waals surface area contributed by atoms with Gasteiger partial charge >= 0.3 is 5.97 Å². The fraction of sp³-hybridized carbons (Fsp3) is 0.273. The lowest BCUT2D eigenvalue weighted by Gasteiger charge is -2.29. The Morgan fingerprint density at radius 3 is 2.46 bits per heavy atom. The molecule has 0 radical (unpaired) electrons. The Kier molecular flexibility index (Phi) is 7.21. The normalized spacial score (nSPS) is 12.5. The number of hydrogen-bond acceptors (Lipinski definition) is 4. The molecule has 0 aliphatic rings. The van der Waals surface area contributed by atoms with Gasteiger partial charge < -0.3 is 19.9 Å². The van der Waals surface area contributed by atoms with Gasteiger partial charge in [0.15, 0.2) is 11.5 Å². The molecule has 148 valence electrons. The van der Waals surface area contributed by atoms with Crippen molar-refractivity contribution in [1.29, 1.82) is 0 Å². The third-order valence-corrected chi connectivity index (χ3v) is 4.67. The van der Waals surface area contributed by atoms with Crippen LogP contribution in [-0.2, 0) is 10.2 Å². The molecule has 0 aliphatic carbocycles. The van der Waals surface area contributed by atoms with Crippen molar-refractivity contribution in [2.75, 3.05) is 20.3 Å². The van der Waals surface area contributed by atoms with Crippen LogP contribution >= 0.6 is 0 Å². The highest BCUT2D eigenvalue weighted by Gasteiger charge is 2.39. The van der Waals surface area contributed by atoms with Gasteiger partial charge in [-0.3, -0.25) is 9.59 Å². The number of benzene rings is 2. The molecule has 1 atom stereocenters. The number of rotatable bonds is 10. The van der Waals surface area contributed by atoms with Crippen molar-refractivity contribution >= 4 is 11.9 Å². The highest BCUT2D eigenvalue weighted by molar-refractivity contribution is 5.95. The number of methoxy groups -OCH3 is 1. The zero-order valence-corrected chi connectivity index (χ0v) is 16.1. The first-order chi connectivity index (χ1) is 13.5. The number of carboxylic acids is 1. The molecule has 0 aliphatic heterocycles. The third-order valence-electron chi connectivity index (χ3n) is 4.67. The van der Waals surface area contributed by atoms with Crippen LogP contribution in [0.4, 0.5) is 0 Å². The predicted molar refractivity (Wildman–Crippen MR) is 107 cm³/mol. The fourth-order valence-corrected chi connectivity index (χ4v) is 2.95. The van der Waals surface area contributed by atoms with Crippen LogP contribution in [0.25, 0.3) is 0 Å². The Balaban J connectivity index is 2.21. The second kappa shape index (κ2) is 9.60. The number of hydrogen-bond donors (Lipinski definition) is 2. The largest absolute Gasteiger partial charge is 0.493 e. The zero-order chi connectivity index (χ0) is 20.6. The monoisotopic (exact) mass is 383 g/mol. The first-order valence-corrected chi connectivity index (χ1v) is 8.97. The Morgan fingerprint density at radius 1 is 1.18 bits per heavy atom. The van der Waals surface area contributed by atoms with E-state index < -0.39 is 11.4 Å². The van der Waals surface area contributed by atoms with Crippen LogP contribution in [0.5, 0.6) is 11.5 Å². The van der Waals surface area contributed by atoms with E-state index >= 15 is 0 Å². The van der Waals surface area contributed by atoms with Crippen molar-refractivity contribution in [2.45, 2.75) is 18.8 Å². The van der Waals surface area contributed by atoms with E-state index in [1.807, 2.05) is 6.07 Å². The van der Waals surface area contributed by atoms with E-state index in [-0.39, 0.29) is 12.5 Å². The molecule has 0 fully saturated rings. The Hall–Kier alpha value is -3.28. The lowest BCUT2D eigenvalue weighted by molar-refractivity contribution is -0.143. The maximum Gasteiger partial charge on any atom is 0.315 e. The summed E-state index contributed by atoms with van der Waals surface area (Å²) in [6.45, 7) is 5.67. The van der Waals surface area contributed by atoms with Gasteiger partial charge in [-0.1, -0.05) is 49.9 Å². The number of ether oxygens (including phenoxy) is 2. The van der Waals surface area contributed by atoms with Crippen LogP contribution in [0.3, 0.4) is 0 Å². The summed E-state index contributed by atoms with van der Waals surface area (Å²) in [6.07, 6.45) is 1.95. The molecule has 0 saturated carbocycles. The van der Waals surface area contributed by atoms with Crippen LogP contribution in [0.2, 0.25) is 0 Å². The van der Waals surface area contributed by atoms with Crippen molar-refractivity contribution in [3.05, 3.63) is 72.3 Å². The van der Waals surface area contributed by atoms with Gasteiger partial charge in [-0.15, -0.1) is 0 Å². The molecule has 6 heteroatoms. The average Bonchev–Trinajstić information content (AvgIpc) is 2.73. The van der Waals surface area contributed by atoms with Crippen LogP contribution in [0.1, 0.15) is 29.3 Å². The summed E-state index contributed by atoms with van der Waals surface area (Å²) < 4.78 is 10.8. The molecule has 0 heterocycles. The molecule has 6 nitrogen and oxygen atoms in total. The first-order valence-electron chi connectivity index (χ1n) is 8.97. The number of carboxylic acid groups (broad SMARTS) is 1. The van der Waals surface area contributed by atoms with Gasteiger partial charge in [0.05, 0.1) is 7.11 Å². The van der Waals surface area contributed by atoms with E-state index in [1.54, 1.807) is 55.5 Å². The molecule has 0 bridgehead atoms. The van der Waals surface area contributed by atoms with E-state index in [0.717, 1.165) is 0 Å². The number of nitrogens with one attached hydrogen (secondary N) is 1. The molecule has 2 N–H and O–H groups in total. The maximum atomic E-state index is 12.6. The summed E-state index contributed by atoms with van der Waals surface area (Å²) in [7, 11) is 1.49. The molecule has 2 aromatic rings. The number of carbonyl (C=O) groups excluding carboxylic acids is 1. The van der Waals surface area contributed by atoms with Crippen LogP contribution < -0.4 is 14.8 Å². The van der Waals surface area contributed by atoms with Gasteiger partial charge in [0.25, 0.3) is 5.91 Å². The van der Waals surface area contributed by atoms with Crippen molar-refractivity contribution in [3.63, 3.8) is 0 Å². The fourth-order valence-electron chi connectivity index (χ4n) is 2.95. The van der Waals surface area contributed by atoms with Gasteiger partial charge in [0.1, 0.15) is 12.0 Å². The minimum atomic E-state index is -1.20. The van der Waals surface area contributed by atoms with Gasteiger partial charge in [0.2, 0.25) is 0 Å². The Morgan fingerprint density at radius 2 is 1.89 bits per heavy atom. The van der Waals surface area contributed by atoms with E-state index in [0.29, 0.717) is 35.7 Å². The Labute approximate surface area is 164 Å². The van der Waals surface area contributed by atoms with Gasteiger partial charge in [-0.05, 0) is 30.2 Å². The molecule has 28 heavy (non-hydrogen) atoms. The van der Waals surface area contributed by atoms with E-state index in [9.17, 15) is 14.7 Å². The van der Waals surface area contributed by atoms with E-state index in [2.05, 4.69) is 11.9 Å². The second-order valence-electron chi connectivity index (χ2n) is 6.25. The minimum Gasteiger partial charge on any atom is -0.493 e. The summed E-state index contributed by atoms with van der Waals surface area (Å²) in [6, 6.07) is 13.7. The van der Waals surface area contributed by atoms with E-state index in [1.165, 1.54) is 7.11 Å². The third kappa shape index (κ3) is 4.52. The van der Waals surface area contributed by atoms with Gasteiger partial charge in [-0.2, -0.15) is 0 Å². The first kappa shape index (κ1) is 21.0. The van der Waals surface area contributed by atoms with E-state index in [4.69, 9.17) is 9.47 Å². The second-order valence-corrected chi connectivity index (χ2v) is 6.25. The molecule has 1 amide bonds. The smallest absolute Gasteiger partial charge is 0.315 e. The lowest BCUT2D eigenvalue weighted by atomic mass is 9.78. The Bertz CT molecular complexity index is 834. The molecule has 0 spiro atoms. The molecule has 0 aromatic heterocycles. The molecular formula is C22H25NO5. The van der Waals surface area contributed by atoms with Crippen molar-refractivity contribution in [3.8, 4) is 11.5 Å². The van der Waals surface area contributed by atoms with Gasteiger partial charge in [-0.25, -0.2) is 0 Å². The lowest BCUT2D eigenvalue weighted by Crippen LogP contribution is -2.46. The summed E-state index contributed by atoms with van der Waals surface area (Å²) in [5.41, 5.74) is -0.198. The molecule has 0 saturated heterocycles. The van der Waals surface area contributed by atoms with Crippen LogP contribution in [0.15, 0.2) is 61.2 Å². The summed E-state index contributed by atoms with van der Waals surface area (Å²) in [5, 5.41) is 12.6. The molecule has 2 aromatic carbocycles. The zero-order valence-electron chi connectivity index (χ0n) is 16.1. The SMILES string of the molecule is C=CCOc1ccc(C(=O)NCC(CC)(C(=O)O)c2ccccc2)cc1OC. The van der Waals surface area contributed by atoms with Crippen molar-refractivity contribution < 1.29 is 24.2 Å². The summed E-state index contributed by atoms with van der Waals surface area (Å²) >= 11 is 0. The summed E-state index contributed by atoms with van der Waals surface area (Å²) in [4.78, 5) is 24.7. The van der Waals surface area contributed by atoms with Gasteiger partial charge in [0, 0.05) is 12.1 Å². The van der Waals surface area contributed by atoms with Crippen LogP contribution in [-0.4, -0.2) is 37.2 Å². The average molecular weight is 383 g/mol. The van der Waals surface area contributed by atoms with Crippen molar-refractivity contribution in [1.82, 2.24) is 5.32 Å². The summed E-state index contributed by atoms with van der Waals surface area (Å²) in [5.74, 6) is -0.454. The number of amides is 1. The highest BCUT2D eigenvalue weighted by Crippen LogP contribution is 2.30.